The van der Waals surface area contributed by atoms with Crippen molar-refractivity contribution in [3.05, 3.63) is 0 Å². The second kappa shape index (κ2) is 9.57. The Morgan fingerprint density at radius 1 is 1.50 bits per heavy atom. The fraction of sp³-hybridized carbons (Fsp3) is 0.909. The number of amides is 1. The number of hydrogen-bond donors (Lipinski definition) is 3. The summed E-state index contributed by atoms with van der Waals surface area (Å²) in [6.45, 7) is 3.29. The van der Waals surface area contributed by atoms with E-state index in [-0.39, 0.29) is 11.8 Å². The molecule has 0 radical (unpaired) electrons. The number of carbonyl (C=O) groups excluding carboxylic acids is 1. The standard InChI is InChI=1S/C11H24N2O3/c1-9(4-3-6-12)11(15)13-7-5-10(14)8-16-2/h9-10,14H,3-8,12H2,1-2H3,(H,13,15). The number of methoxy groups -OCH3 is 1. The molecule has 96 valence electrons. The number of carbonyl (C=O) groups is 1. The van der Waals surface area contributed by atoms with E-state index in [2.05, 4.69) is 5.32 Å². The minimum atomic E-state index is -0.510. The van der Waals surface area contributed by atoms with E-state index >= 15 is 0 Å². The number of aliphatic hydroxyl groups is 1. The molecule has 0 aromatic rings. The van der Waals surface area contributed by atoms with E-state index in [1.807, 2.05) is 6.92 Å². The molecule has 0 saturated carbocycles. The van der Waals surface area contributed by atoms with Gasteiger partial charge in [0.2, 0.25) is 5.91 Å². The molecule has 2 unspecified atom stereocenters. The maximum Gasteiger partial charge on any atom is 0.222 e. The van der Waals surface area contributed by atoms with Crippen LogP contribution in [0.2, 0.25) is 0 Å². The van der Waals surface area contributed by atoms with Crippen LogP contribution in [0.4, 0.5) is 0 Å². The van der Waals surface area contributed by atoms with Crippen molar-refractivity contribution in [2.75, 3.05) is 26.8 Å². The minimum absolute atomic E-state index is 0.0110. The van der Waals surface area contributed by atoms with E-state index in [1.165, 1.54) is 7.11 Å². The van der Waals surface area contributed by atoms with Crippen molar-refractivity contribution in [1.82, 2.24) is 5.32 Å². The van der Waals surface area contributed by atoms with Gasteiger partial charge in [0, 0.05) is 19.6 Å². The molecule has 4 N–H and O–H groups in total. The van der Waals surface area contributed by atoms with E-state index in [4.69, 9.17) is 10.5 Å². The summed E-state index contributed by atoms with van der Waals surface area (Å²) in [5, 5.41) is 12.1. The molecule has 0 rings (SSSR count). The van der Waals surface area contributed by atoms with E-state index in [0.29, 0.717) is 26.1 Å². The first kappa shape index (κ1) is 15.3. The van der Waals surface area contributed by atoms with E-state index < -0.39 is 6.10 Å². The summed E-state index contributed by atoms with van der Waals surface area (Å²) in [6.07, 6.45) is 1.68. The Hall–Kier alpha value is -0.650. The van der Waals surface area contributed by atoms with Gasteiger partial charge in [-0.1, -0.05) is 6.92 Å². The van der Waals surface area contributed by atoms with Crippen LogP contribution in [0.25, 0.3) is 0 Å². The van der Waals surface area contributed by atoms with Crippen molar-refractivity contribution in [3.8, 4) is 0 Å². The molecule has 0 aliphatic rings. The number of rotatable bonds is 9. The quantitative estimate of drug-likeness (QED) is 0.517. The molecule has 16 heavy (non-hydrogen) atoms. The fourth-order valence-corrected chi connectivity index (χ4v) is 1.37. The first-order chi connectivity index (χ1) is 7.61. The van der Waals surface area contributed by atoms with Crippen LogP contribution >= 0.6 is 0 Å². The highest BCUT2D eigenvalue weighted by Crippen LogP contribution is 2.04. The van der Waals surface area contributed by atoms with Gasteiger partial charge in [0.25, 0.3) is 0 Å². The van der Waals surface area contributed by atoms with E-state index in [0.717, 1.165) is 12.8 Å². The summed E-state index contributed by atoms with van der Waals surface area (Å²) in [7, 11) is 1.54. The first-order valence-electron chi connectivity index (χ1n) is 5.76. The molecule has 0 spiro atoms. The average molecular weight is 232 g/mol. The fourth-order valence-electron chi connectivity index (χ4n) is 1.37. The van der Waals surface area contributed by atoms with Gasteiger partial charge >= 0.3 is 0 Å². The molecule has 5 nitrogen and oxygen atoms in total. The number of ether oxygens (including phenoxy) is 1. The molecule has 5 heteroatoms. The molecule has 0 saturated heterocycles. The number of aliphatic hydroxyl groups excluding tert-OH is 1. The highest BCUT2D eigenvalue weighted by molar-refractivity contribution is 5.78. The Balaban J connectivity index is 3.56. The number of nitrogens with one attached hydrogen (secondary N) is 1. The first-order valence-corrected chi connectivity index (χ1v) is 5.76. The van der Waals surface area contributed by atoms with Crippen LogP contribution in [-0.2, 0) is 9.53 Å². The molecule has 2 atom stereocenters. The van der Waals surface area contributed by atoms with E-state index in [9.17, 15) is 9.90 Å². The van der Waals surface area contributed by atoms with Crippen LogP contribution in [0.1, 0.15) is 26.2 Å². The SMILES string of the molecule is COCC(O)CCNC(=O)C(C)CCCN. The second-order valence-corrected chi connectivity index (χ2v) is 4.02. The Morgan fingerprint density at radius 3 is 2.75 bits per heavy atom. The second-order valence-electron chi connectivity index (χ2n) is 4.02. The maximum atomic E-state index is 11.5. The highest BCUT2D eigenvalue weighted by Gasteiger charge is 2.12. The van der Waals surface area contributed by atoms with Crippen molar-refractivity contribution in [1.29, 1.82) is 0 Å². The maximum absolute atomic E-state index is 11.5. The van der Waals surface area contributed by atoms with Crippen molar-refractivity contribution in [2.24, 2.45) is 11.7 Å². The molecule has 0 aromatic heterocycles. The summed E-state index contributed by atoms with van der Waals surface area (Å²) >= 11 is 0. The minimum Gasteiger partial charge on any atom is -0.391 e. The molecule has 0 aliphatic carbocycles. The molecule has 0 aromatic carbocycles. The van der Waals surface area contributed by atoms with Gasteiger partial charge in [0.05, 0.1) is 12.7 Å². The van der Waals surface area contributed by atoms with Gasteiger partial charge in [-0.25, -0.2) is 0 Å². The highest BCUT2D eigenvalue weighted by atomic mass is 16.5. The third kappa shape index (κ3) is 7.62. The molecule has 0 fully saturated rings. The van der Waals surface area contributed by atoms with Gasteiger partial charge in [-0.3, -0.25) is 4.79 Å². The van der Waals surface area contributed by atoms with Crippen LogP contribution in [0.5, 0.6) is 0 Å². The van der Waals surface area contributed by atoms with Crippen molar-refractivity contribution in [2.45, 2.75) is 32.3 Å². The van der Waals surface area contributed by atoms with Gasteiger partial charge in [-0.2, -0.15) is 0 Å². The lowest BCUT2D eigenvalue weighted by atomic mass is 10.0. The van der Waals surface area contributed by atoms with Gasteiger partial charge < -0.3 is 20.9 Å². The summed E-state index contributed by atoms with van der Waals surface area (Å²) in [6, 6.07) is 0. The molecular formula is C11H24N2O3. The Labute approximate surface area is 97.3 Å². The lowest BCUT2D eigenvalue weighted by Crippen LogP contribution is -2.32. The smallest absolute Gasteiger partial charge is 0.222 e. The lowest BCUT2D eigenvalue weighted by Gasteiger charge is -2.13. The average Bonchev–Trinajstić information content (AvgIpc) is 2.26. The number of nitrogens with two attached hydrogens (primary N) is 1. The Morgan fingerprint density at radius 2 is 2.19 bits per heavy atom. The van der Waals surface area contributed by atoms with Crippen molar-refractivity contribution < 1.29 is 14.6 Å². The van der Waals surface area contributed by atoms with Crippen molar-refractivity contribution in [3.63, 3.8) is 0 Å². The zero-order chi connectivity index (χ0) is 12.4. The molecule has 0 aliphatic heterocycles. The van der Waals surface area contributed by atoms with Crippen LogP contribution in [0, 0.1) is 5.92 Å². The molecule has 0 heterocycles. The zero-order valence-electron chi connectivity index (χ0n) is 10.2. The van der Waals surface area contributed by atoms with Gasteiger partial charge in [0.15, 0.2) is 0 Å². The van der Waals surface area contributed by atoms with Gasteiger partial charge in [0.1, 0.15) is 0 Å². The van der Waals surface area contributed by atoms with Gasteiger partial charge in [-0.15, -0.1) is 0 Å². The summed E-state index contributed by atoms with van der Waals surface area (Å²) in [5.41, 5.74) is 5.37. The largest absolute Gasteiger partial charge is 0.391 e. The molecule has 0 bridgehead atoms. The van der Waals surface area contributed by atoms with Gasteiger partial charge in [-0.05, 0) is 25.8 Å². The summed E-state index contributed by atoms with van der Waals surface area (Å²) in [4.78, 5) is 11.5. The zero-order valence-corrected chi connectivity index (χ0v) is 10.2. The number of hydrogen-bond acceptors (Lipinski definition) is 4. The third-order valence-electron chi connectivity index (χ3n) is 2.42. The van der Waals surface area contributed by atoms with Crippen LogP contribution < -0.4 is 11.1 Å². The third-order valence-corrected chi connectivity index (χ3v) is 2.42. The molecule has 1 amide bonds. The monoisotopic (exact) mass is 232 g/mol. The topological polar surface area (TPSA) is 84.6 Å². The van der Waals surface area contributed by atoms with Crippen molar-refractivity contribution >= 4 is 5.91 Å². The van der Waals surface area contributed by atoms with Crippen LogP contribution in [-0.4, -0.2) is 43.9 Å². The van der Waals surface area contributed by atoms with Crippen LogP contribution in [0.3, 0.4) is 0 Å². The van der Waals surface area contributed by atoms with Crippen LogP contribution in [0.15, 0.2) is 0 Å². The Kier molecular flexibility index (Phi) is 9.18. The lowest BCUT2D eigenvalue weighted by molar-refractivity contribution is -0.124. The molecular weight excluding hydrogens is 208 g/mol. The predicted octanol–water partition coefficient (Wildman–Crippen LogP) is -0.125. The Bertz CT molecular complexity index is 188. The normalized spacial score (nSPS) is 14.5. The predicted molar refractivity (Wildman–Crippen MR) is 63.0 cm³/mol. The van der Waals surface area contributed by atoms with E-state index in [1.54, 1.807) is 0 Å². The summed E-state index contributed by atoms with van der Waals surface area (Å²) in [5.74, 6) is 0.0150. The summed E-state index contributed by atoms with van der Waals surface area (Å²) < 4.78 is 4.79.